The fraction of sp³-hybridized carbons (Fsp3) is 0.214. The zero-order chi connectivity index (χ0) is 22.9. The van der Waals surface area contributed by atoms with Gasteiger partial charge in [0.15, 0.2) is 6.61 Å². The Hall–Kier alpha value is -3.79. The fourth-order valence-corrected chi connectivity index (χ4v) is 4.12. The minimum Gasteiger partial charge on any atom is -0.482 e. The number of carboxylic acid groups (broad SMARTS) is 1. The molecule has 168 valence electrons. The van der Waals surface area contributed by atoms with Crippen LogP contribution in [-0.2, 0) is 22.5 Å². The summed E-state index contributed by atoms with van der Waals surface area (Å²) in [6, 6.07) is 26.0. The minimum absolute atomic E-state index is 0.226. The number of ether oxygens (including phenoxy) is 1. The number of aliphatic carboxylic acids is 1. The van der Waals surface area contributed by atoms with Gasteiger partial charge in [-0.2, -0.15) is 0 Å². The molecule has 0 fully saturated rings. The lowest BCUT2D eigenvalue weighted by Gasteiger charge is -2.23. The van der Waals surface area contributed by atoms with Gasteiger partial charge in [0.1, 0.15) is 11.9 Å². The van der Waals surface area contributed by atoms with E-state index in [2.05, 4.69) is 23.4 Å². The number of carbonyl (C=O) groups is 1. The minimum atomic E-state index is -0.967. The Kier molecular flexibility index (Phi) is 7.60. The van der Waals surface area contributed by atoms with Crippen LogP contribution in [0.4, 0.5) is 0 Å². The Morgan fingerprint density at radius 1 is 1.03 bits per heavy atom. The summed E-state index contributed by atoms with van der Waals surface area (Å²) in [4.78, 5) is 16.8. The molecule has 3 aromatic carbocycles. The van der Waals surface area contributed by atoms with Crippen molar-refractivity contribution in [2.24, 2.45) is 5.92 Å². The molecule has 4 rings (SSSR count). The molecule has 5 heteroatoms. The number of hydrogen-bond donors (Lipinski definition) is 2. The van der Waals surface area contributed by atoms with Crippen molar-refractivity contribution < 1.29 is 19.5 Å². The monoisotopic (exact) mass is 441 g/mol. The molecule has 1 aliphatic carbocycles. The van der Waals surface area contributed by atoms with E-state index in [0.717, 1.165) is 36.0 Å². The summed E-state index contributed by atoms with van der Waals surface area (Å²) >= 11 is 0. The van der Waals surface area contributed by atoms with Crippen LogP contribution in [0.3, 0.4) is 0 Å². The number of nitrogens with one attached hydrogen (secondary N) is 1. The lowest BCUT2D eigenvalue weighted by molar-refractivity contribution is -0.139. The van der Waals surface area contributed by atoms with Crippen LogP contribution in [0.25, 0.3) is 0 Å². The van der Waals surface area contributed by atoms with Gasteiger partial charge in [0.2, 0.25) is 0 Å². The molecule has 0 saturated heterocycles. The van der Waals surface area contributed by atoms with Crippen molar-refractivity contribution in [2.45, 2.75) is 25.4 Å². The first-order valence-electron chi connectivity index (χ1n) is 11.1. The molecule has 2 N–H and O–H groups in total. The molecule has 33 heavy (non-hydrogen) atoms. The van der Waals surface area contributed by atoms with Crippen molar-refractivity contribution >= 4 is 5.97 Å². The summed E-state index contributed by atoms with van der Waals surface area (Å²) in [5.41, 5.74) is 10.6. The first-order chi connectivity index (χ1) is 16.2. The highest BCUT2D eigenvalue weighted by Crippen LogP contribution is 2.32. The number of allylic oxidation sites excluding steroid dienone is 1. The second-order valence-electron chi connectivity index (χ2n) is 7.99. The van der Waals surface area contributed by atoms with E-state index in [-0.39, 0.29) is 12.7 Å². The Morgan fingerprint density at radius 3 is 2.39 bits per heavy atom. The van der Waals surface area contributed by atoms with E-state index in [9.17, 15) is 4.79 Å². The Labute approximate surface area is 193 Å². The molecular formula is C28H27NO4. The van der Waals surface area contributed by atoms with Crippen molar-refractivity contribution in [2.75, 3.05) is 6.61 Å². The molecule has 0 heterocycles. The zero-order valence-electron chi connectivity index (χ0n) is 18.3. The van der Waals surface area contributed by atoms with Gasteiger partial charge in [0, 0.05) is 0 Å². The maximum absolute atomic E-state index is 10.8. The van der Waals surface area contributed by atoms with E-state index in [0.29, 0.717) is 11.7 Å². The third-order valence-corrected chi connectivity index (χ3v) is 5.69. The van der Waals surface area contributed by atoms with Gasteiger partial charge in [0.05, 0.1) is 6.20 Å². The Morgan fingerprint density at radius 2 is 1.73 bits per heavy atom. The van der Waals surface area contributed by atoms with E-state index in [1.165, 1.54) is 5.56 Å². The SMILES string of the molecule is O=C(O)COc1cccc2c1CCC(C=C=CNOC(c1ccccc1)c1ccccc1)C2. The van der Waals surface area contributed by atoms with Crippen LogP contribution in [0.15, 0.2) is 96.9 Å². The van der Waals surface area contributed by atoms with Gasteiger partial charge in [-0.3, -0.25) is 10.3 Å². The number of rotatable bonds is 9. The summed E-state index contributed by atoms with van der Waals surface area (Å²) < 4.78 is 5.45. The van der Waals surface area contributed by atoms with Gasteiger partial charge < -0.3 is 9.84 Å². The largest absolute Gasteiger partial charge is 0.482 e. The van der Waals surface area contributed by atoms with E-state index in [4.69, 9.17) is 14.7 Å². The quantitative estimate of drug-likeness (QED) is 0.351. The molecule has 0 amide bonds. The molecule has 1 aliphatic rings. The zero-order valence-corrected chi connectivity index (χ0v) is 18.3. The van der Waals surface area contributed by atoms with E-state index in [1.54, 1.807) is 6.20 Å². The molecule has 1 atom stereocenters. The molecule has 3 aromatic rings. The molecule has 0 aromatic heterocycles. The molecule has 0 spiro atoms. The first kappa shape index (κ1) is 22.4. The van der Waals surface area contributed by atoms with E-state index in [1.807, 2.05) is 72.8 Å². The predicted molar refractivity (Wildman–Crippen MR) is 127 cm³/mol. The number of hydroxylamine groups is 1. The van der Waals surface area contributed by atoms with Gasteiger partial charge in [-0.15, -0.1) is 5.73 Å². The molecule has 0 aliphatic heterocycles. The van der Waals surface area contributed by atoms with Crippen molar-refractivity contribution in [3.8, 4) is 5.75 Å². The highest BCUT2D eigenvalue weighted by molar-refractivity contribution is 5.68. The smallest absolute Gasteiger partial charge is 0.341 e. The van der Waals surface area contributed by atoms with Crippen LogP contribution in [0.2, 0.25) is 0 Å². The maximum atomic E-state index is 10.8. The highest BCUT2D eigenvalue weighted by atomic mass is 16.7. The second-order valence-corrected chi connectivity index (χ2v) is 7.99. The highest BCUT2D eigenvalue weighted by Gasteiger charge is 2.20. The average Bonchev–Trinajstić information content (AvgIpc) is 2.85. The van der Waals surface area contributed by atoms with Crippen LogP contribution in [0, 0.1) is 5.92 Å². The Bertz CT molecular complexity index is 1080. The number of hydrogen-bond acceptors (Lipinski definition) is 4. The number of benzene rings is 3. The van der Waals surface area contributed by atoms with Gasteiger partial charge in [-0.25, -0.2) is 4.79 Å². The van der Waals surface area contributed by atoms with Crippen LogP contribution in [0.1, 0.15) is 34.8 Å². The summed E-state index contributed by atoms with van der Waals surface area (Å²) in [5.74, 6) is 0.0611. The van der Waals surface area contributed by atoms with Crippen molar-refractivity contribution in [1.82, 2.24) is 5.48 Å². The van der Waals surface area contributed by atoms with Crippen molar-refractivity contribution in [3.63, 3.8) is 0 Å². The van der Waals surface area contributed by atoms with E-state index >= 15 is 0 Å². The average molecular weight is 442 g/mol. The summed E-state index contributed by atoms with van der Waals surface area (Å²) in [6.45, 7) is -0.318. The summed E-state index contributed by atoms with van der Waals surface area (Å²) in [7, 11) is 0. The van der Waals surface area contributed by atoms with Crippen molar-refractivity contribution in [3.05, 3.63) is 119 Å². The molecule has 1 unspecified atom stereocenters. The fourth-order valence-electron chi connectivity index (χ4n) is 4.12. The molecular weight excluding hydrogens is 414 g/mol. The summed E-state index contributed by atoms with van der Waals surface area (Å²) in [6.07, 6.45) is 6.21. The van der Waals surface area contributed by atoms with Crippen molar-refractivity contribution in [1.29, 1.82) is 0 Å². The third-order valence-electron chi connectivity index (χ3n) is 5.69. The van der Waals surface area contributed by atoms with Gasteiger partial charge >= 0.3 is 5.97 Å². The van der Waals surface area contributed by atoms with Crippen LogP contribution in [0.5, 0.6) is 5.75 Å². The van der Waals surface area contributed by atoms with Crippen LogP contribution < -0.4 is 10.2 Å². The maximum Gasteiger partial charge on any atom is 0.341 e. The van der Waals surface area contributed by atoms with Crippen LogP contribution >= 0.6 is 0 Å². The normalized spacial score (nSPS) is 14.6. The number of carboxylic acids is 1. The molecule has 0 saturated carbocycles. The van der Waals surface area contributed by atoms with Crippen LogP contribution in [-0.4, -0.2) is 17.7 Å². The van der Waals surface area contributed by atoms with Gasteiger partial charge in [-0.05, 0) is 59.6 Å². The lowest BCUT2D eigenvalue weighted by Crippen LogP contribution is -2.16. The Balaban J connectivity index is 1.37. The summed E-state index contributed by atoms with van der Waals surface area (Å²) in [5, 5.41) is 8.87. The standard InChI is InChI=1S/C28H27NO4/c30-27(31)20-32-26-15-7-14-24-19-21(16-17-25(24)26)9-8-18-29-33-28(22-10-3-1-4-11-22)23-12-5-2-6-13-23/h1-7,9-15,18,21,28-29H,16-17,19-20H2,(H,30,31). The molecule has 0 bridgehead atoms. The first-order valence-corrected chi connectivity index (χ1v) is 11.1. The van der Waals surface area contributed by atoms with Gasteiger partial charge in [0.25, 0.3) is 0 Å². The lowest BCUT2D eigenvalue weighted by atomic mass is 9.83. The van der Waals surface area contributed by atoms with E-state index < -0.39 is 5.97 Å². The predicted octanol–water partition coefficient (Wildman–Crippen LogP) is 5.23. The van der Waals surface area contributed by atoms with Gasteiger partial charge in [-0.1, -0.05) is 72.8 Å². The third kappa shape index (κ3) is 6.13. The number of fused-ring (bicyclic) bond motifs is 1. The molecule has 0 radical (unpaired) electrons. The second kappa shape index (κ2) is 11.2. The topological polar surface area (TPSA) is 67.8 Å². The molecule has 5 nitrogen and oxygen atoms in total.